The van der Waals surface area contributed by atoms with Gasteiger partial charge in [-0.05, 0) is 122 Å². The molecular weight excluding hydrogens is 859 g/mol. The van der Waals surface area contributed by atoms with Gasteiger partial charge in [-0.1, -0.05) is 41.9 Å². The van der Waals surface area contributed by atoms with Crippen LogP contribution in [0, 0.1) is 5.82 Å². The summed E-state index contributed by atoms with van der Waals surface area (Å²) in [5.74, 6) is 3.89. The van der Waals surface area contributed by atoms with Crippen molar-refractivity contribution in [1.82, 2.24) is 9.80 Å². The molecule has 2 unspecified atom stereocenters. The molecule has 15 heteroatoms. The average molecular weight is 909 g/mol. The molecular formula is C50H50ClFN2O11. The molecule has 0 saturated heterocycles. The first-order valence-corrected chi connectivity index (χ1v) is 21.0. The molecule has 0 saturated carbocycles. The molecule has 6 aromatic rings. The number of hydrogen-bond acceptors (Lipinski definition) is 11. The maximum Gasteiger partial charge on any atom is 0.317 e. The van der Waals surface area contributed by atoms with E-state index in [2.05, 4.69) is 0 Å². The second kappa shape index (κ2) is 23.6. The van der Waals surface area contributed by atoms with Crippen LogP contribution in [0.2, 0.25) is 5.02 Å². The predicted molar refractivity (Wildman–Crippen MR) is 243 cm³/mol. The molecule has 0 aromatic heterocycles. The molecule has 0 fully saturated rings. The number of benzene rings is 6. The Kier molecular flexibility index (Phi) is 17.3. The van der Waals surface area contributed by atoms with Crippen LogP contribution in [0.4, 0.5) is 4.39 Å². The minimum absolute atomic E-state index is 0.0285. The lowest BCUT2D eigenvalue weighted by Gasteiger charge is -2.23. The highest BCUT2D eigenvalue weighted by Crippen LogP contribution is 2.37. The zero-order valence-corrected chi connectivity index (χ0v) is 36.9. The van der Waals surface area contributed by atoms with E-state index in [0.717, 1.165) is 11.1 Å². The smallest absolute Gasteiger partial charge is 0.317 e. The van der Waals surface area contributed by atoms with E-state index in [4.69, 9.17) is 55.0 Å². The molecule has 0 aliphatic carbocycles. The summed E-state index contributed by atoms with van der Waals surface area (Å²) in [6, 6.07) is 40.9. The second-order valence-electron chi connectivity index (χ2n) is 15.0. The molecule has 0 bridgehead atoms. The average Bonchev–Trinajstić information content (AvgIpc) is 3.76. The van der Waals surface area contributed by atoms with E-state index in [9.17, 15) is 14.0 Å². The number of carboxylic acid groups (broad SMARTS) is 2. The Labute approximate surface area is 382 Å². The van der Waals surface area contributed by atoms with E-state index >= 15 is 0 Å². The normalized spacial score (nSPS) is 12.4. The van der Waals surface area contributed by atoms with Crippen LogP contribution in [0.3, 0.4) is 0 Å². The van der Waals surface area contributed by atoms with Crippen molar-refractivity contribution in [3.05, 3.63) is 161 Å². The summed E-state index contributed by atoms with van der Waals surface area (Å²) in [7, 11) is 5.11. The van der Waals surface area contributed by atoms with Crippen molar-refractivity contribution < 1.29 is 57.4 Å². The van der Waals surface area contributed by atoms with Gasteiger partial charge >= 0.3 is 11.9 Å². The summed E-state index contributed by atoms with van der Waals surface area (Å²) < 4.78 is 53.5. The summed E-state index contributed by atoms with van der Waals surface area (Å²) in [5.41, 5.74) is 1.77. The van der Waals surface area contributed by atoms with Crippen LogP contribution in [0.5, 0.6) is 51.7 Å². The van der Waals surface area contributed by atoms with E-state index in [0.29, 0.717) is 82.7 Å². The Bertz CT molecular complexity index is 2440. The summed E-state index contributed by atoms with van der Waals surface area (Å²) in [6.07, 6.45) is 0.523. The van der Waals surface area contributed by atoms with Crippen LogP contribution in [0.25, 0.3) is 0 Å². The van der Waals surface area contributed by atoms with Crippen molar-refractivity contribution >= 4 is 23.5 Å². The van der Waals surface area contributed by atoms with Gasteiger partial charge in [0.1, 0.15) is 58.3 Å². The van der Waals surface area contributed by atoms with Gasteiger partial charge in [-0.2, -0.15) is 0 Å². The maximum absolute atomic E-state index is 13.4. The van der Waals surface area contributed by atoms with Gasteiger partial charge in [0.2, 0.25) is 6.79 Å². The van der Waals surface area contributed by atoms with Gasteiger partial charge in [-0.3, -0.25) is 19.4 Å². The molecule has 1 aliphatic rings. The number of methoxy groups -OCH3 is 1. The monoisotopic (exact) mass is 908 g/mol. The highest BCUT2D eigenvalue weighted by Gasteiger charge is 2.19. The Morgan fingerprint density at radius 3 is 1.55 bits per heavy atom. The predicted octanol–water partition coefficient (Wildman–Crippen LogP) is 10.5. The Morgan fingerprint density at radius 2 is 1.05 bits per heavy atom. The first-order chi connectivity index (χ1) is 31.4. The number of aliphatic carboxylic acids is 2. The van der Waals surface area contributed by atoms with E-state index in [1.165, 1.54) is 12.1 Å². The summed E-state index contributed by atoms with van der Waals surface area (Å²) in [4.78, 5) is 25.3. The number of likely N-dealkylation sites (N-methyl/N-ethyl adjacent to an activating group) is 2. The third-order valence-electron chi connectivity index (χ3n) is 9.90. The van der Waals surface area contributed by atoms with Crippen LogP contribution in [0.1, 0.15) is 36.2 Å². The number of fused-ring (bicyclic) bond motifs is 1. The number of halogens is 2. The molecule has 2 atom stereocenters. The van der Waals surface area contributed by atoms with Crippen LogP contribution >= 0.6 is 11.6 Å². The first kappa shape index (κ1) is 47.5. The Balaban J connectivity index is 0.000000216. The minimum Gasteiger partial charge on any atom is -0.497 e. The zero-order chi connectivity index (χ0) is 46.1. The standard InChI is InChI=1S/C25H24ClNO6.C25H26FNO5/c1-27(15-25(28)29)13-12-22(17-2-4-18(26)5-3-17)33-20-8-6-19(7-9-20)32-21-10-11-23-24(14-21)31-16-30-23;1-27(17-25(28)29)15-14-24(18-6-8-19(26)9-7-18)32-21-12-10-20(11-13-21)31-23-5-3-4-22(16-23)30-2/h2-11,14,22H,12-13,15-16H2,1H3,(H,28,29);3-13,16,24H,14-15,17H2,1-2H3,(H,28,29). The molecule has 7 rings (SSSR count). The quantitative estimate of drug-likeness (QED) is 0.0707. The zero-order valence-electron chi connectivity index (χ0n) is 36.1. The van der Waals surface area contributed by atoms with Crippen LogP contribution in [0.15, 0.2) is 140 Å². The van der Waals surface area contributed by atoms with Gasteiger partial charge in [0, 0.05) is 43.1 Å². The highest BCUT2D eigenvalue weighted by atomic mass is 35.5. The molecule has 1 heterocycles. The number of carbonyl (C=O) groups is 2. The van der Waals surface area contributed by atoms with Crippen molar-refractivity contribution in [2.45, 2.75) is 25.0 Å². The fourth-order valence-corrected chi connectivity index (χ4v) is 6.74. The largest absolute Gasteiger partial charge is 0.497 e. The maximum atomic E-state index is 13.4. The molecule has 2 N–H and O–H groups in total. The first-order valence-electron chi connectivity index (χ1n) is 20.6. The number of hydrogen-bond donors (Lipinski definition) is 2. The number of nitrogens with zero attached hydrogens (tertiary/aromatic N) is 2. The van der Waals surface area contributed by atoms with Gasteiger partial charge in [0.05, 0.1) is 20.2 Å². The molecule has 340 valence electrons. The van der Waals surface area contributed by atoms with Gasteiger partial charge in [-0.25, -0.2) is 4.39 Å². The van der Waals surface area contributed by atoms with Crippen LogP contribution in [-0.4, -0.2) is 86.1 Å². The van der Waals surface area contributed by atoms with Crippen molar-refractivity contribution in [2.75, 3.05) is 54.2 Å². The van der Waals surface area contributed by atoms with Crippen LogP contribution < -0.4 is 33.2 Å². The Hall–Kier alpha value is -7.00. The molecule has 6 aromatic carbocycles. The van der Waals surface area contributed by atoms with E-state index in [1.54, 1.807) is 79.5 Å². The number of ether oxygens (including phenoxy) is 7. The number of rotatable bonds is 21. The fraction of sp³-hybridized carbons (Fsp3) is 0.240. The van der Waals surface area contributed by atoms with Crippen molar-refractivity contribution in [3.63, 3.8) is 0 Å². The van der Waals surface area contributed by atoms with Crippen molar-refractivity contribution in [3.8, 4) is 51.7 Å². The summed E-state index contributed by atoms with van der Waals surface area (Å²) in [6.45, 7) is 1.19. The van der Waals surface area contributed by atoms with E-state index < -0.39 is 11.9 Å². The summed E-state index contributed by atoms with van der Waals surface area (Å²) >= 11 is 6.03. The van der Waals surface area contributed by atoms with Crippen LogP contribution in [-0.2, 0) is 9.59 Å². The lowest BCUT2D eigenvalue weighted by atomic mass is 10.1. The van der Waals surface area contributed by atoms with Crippen molar-refractivity contribution in [1.29, 1.82) is 0 Å². The Morgan fingerprint density at radius 1 is 0.600 bits per heavy atom. The molecule has 65 heavy (non-hydrogen) atoms. The lowest BCUT2D eigenvalue weighted by Crippen LogP contribution is -2.28. The second-order valence-corrected chi connectivity index (χ2v) is 15.4. The number of carboxylic acids is 2. The van der Waals surface area contributed by atoms with E-state index in [-0.39, 0.29) is 37.9 Å². The minimum atomic E-state index is -0.890. The molecule has 13 nitrogen and oxygen atoms in total. The summed E-state index contributed by atoms with van der Waals surface area (Å²) in [5, 5.41) is 18.6. The lowest BCUT2D eigenvalue weighted by molar-refractivity contribution is -0.139. The molecule has 0 radical (unpaired) electrons. The highest BCUT2D eigenvalue weighted by molar-refractivity contribution is 6.30. The molecule has 0 spiro atoms. The molecule has 0 amide bonds. The fourth-order valence-electron chi connectivity index (χ4n) is 6.62. The third kappa shape index (κ3) is 15.3. The van der Waals surface area contributed by atoms with E-state index in [1.807, 2.05) is 78.9 Å². The SMILES string of the molecule is CN(CCC(Oc1ccc(Oc2ccc3c(c2)OCO3)cc1)c1ccc(Cl)cc1)CC(=O)O.COc1cccc(Oc2ccc(OC(CCN(C)CC(=O)O)c3ccc(F)cc3)cc2)c1. The van der Waals surface area contributed by atoms with Gasteiger partial charge in [-0.15, -0.1) is 0 Å². The van der Waals surface area contributed by atoms with Crippen molar-refractivity contribution in [2.24, 2.45) is 0 Å². The molecule has 1 aliphatic heterocycles. The topological polar surface area (TPSA) is 146 Å². The van der Waals surface area contributed by atoms with Gasteiger partial charge in [0.25, 0.3) is 0 Å². The van der Waals surface area contributed by atoms with Gasteiger partial charge in [0.15, 0.2) is 11.5 Å². The third-order valence-corrected chi connectivity index (χ3v) is 10.2. The van der Waals surface area contributed by atoms with Gasteiger partial charge < -0.3 is 43.4 Å².